The van der Waals surface area contributed by atoms with Crippen molar-refractivity contribution < 1.29 is 14.3 Å². The van der Waals surface area contributed by atoms with Gasteiger partial charge < -0.3 is 10.1 Å². The Bertz CT molecular complexity index is 757. The molecule has 0 aromatic heterocycles. The van der Waals surface area contributed by atoms with Gasteiger partial charge in [0.15, 0.2) is 0 Å². The molecule has 1 heterocycles. The molecule has 0 saturated heterocycles. The fraction of sp³-hybridized carbons (Fsp3) is 0.222. The molecule has 2 aromatic rings. The van der Waals surface area contributed by atoms with Crippen LogP contribution in [0.2, 0.25) is 0 Å². The monoisotopic (exact) mass is 310 g/mol. The minimum Gasteiger partial charge on any atom is -0.497 e. The van der Waals surface area contributed by atoms with E-state index in [2.05, 4.69) is 5.32 Å². The summed E-state index contributed by atoms with van der Waals surface area (Å²) < 4.78 is 5.18. The highest BCUT2D eigenvalue weighted by molar-refractivity contribution is 6.11. The summed E-state index contributed by atoms with van der Waals surface area (Å²) in [5, 5.41) is 2.64. The summed E-state index contributed by atoms with van der Waals surface area (Å²) in [5.74, 6) is 0.236. The summed E-state index contributed by atoms with van der Waals surface area (Å²) in [7, 11) is 3.14. The van der Waals surface area contributed by atoms with Gasteiger partial charge in [-0.1, -0.05) is 24.3 Å². The van der Waals surface area contributed by atoms with E-state index in [1.807, 2.05) is 24.3 Å². The van der Waals surface area contributed by atoms with Crippen molar-refractivity contribution in [2.45, 2.75) is 12.5 Å². The smallest absolute Gasteiger partial charge is 0.259 e. The summed E-state index contributed by atoms with van der Waals surface area (Å²) in [6.45, 7) is 0. The number of carbonyl (C=O) groups excluding carboxylic acids is 2. The van der Waals surface area contributed by atoms with Crippen LogP contribution in [0.15, 0.2) is 48.5 Å². The third-order valence-corrected chi connectivity index (χ3v) is 4.06. The van der Waals surface area contributed by atoms with Crippen molar-refractivity contribution >= 4 is 17.5 Å². The number of rotatable bonds is 3. The average Bonchev–Trinajstić information content (AvgIpc) is 2.99. The number of fused-ring (bicyclic) bond motifs is 1. The Kier molecular flexibility index (Phi) is 4.02. The fourth-order valence-corrected chi connectivity index (χ4v) is 2.91. The molecule has 2 aromatic carbocycles. The molecule has 0 aliphatic carbocycles. The van der Waals surface area contributed by atoms with E-state index in [-0.39, 0.29) is 11.8 Å². The number of para-hydroxylation sites is 1. The van der Waals surface area contributed by atoms with E-state index in [9.17, 15) is 9.59 Å². The molecule has 0 radical (unpaired) electrons. The first kappa shape index (κ1) is 15.1. The van der Waals surface area contributed by atoms with E-state index < -0.39 is 6.04 Å². The molecule has 23 heavy (non-hydrogen) atoms. The van der Waals surface area contributed by atoms with Gasteiger partial charge in [-0.3, -0.25) is 14.5 Å². The lowest BCUT2D eigenvalue weighted by molar-refractivity contribution is -0.121. The molecule has 118 valence electrons. The number of hydrogen-bond donors (Lipinski definition) is 1. The Morgan fingerprint density at radius 2 is 1.96 bits per heavy atom. The third kappa shape index (κ3) is 2.65. The first-order valence-corrected chi connectivity index (χ1v) is 7.43. The SMILES string of the molecule is CNC(=O)[C@H]1Cc2ccccc2N1C(=O)c1cccc(OC)c1. The fourth-order valence-electron chi connectivity index (χ4n) is 2.91. The maximum atomic E-state index is 13.0. The van der Waals surface area contributed by atoms with E-state index >= 15 is 0 Å². The molecule has 0 unspecified atom stereocenters. The van der Waals surface area contributed by atoms with Crippen molar-refractivity contribution in [2.24, 2.45) is 0 Å². The second-order valence-corrected chi connectivity index (χ2v) is 5.37. The van der Waals surface area contributed by atoms with Gasteiger partial charge in [0.25, 0.3) is 5.91 Å². The third-order valence-electron chi connectivity index (χ3n) is 4.06. The number of benzene rings is 2. The maximum Gasteiger partial charge on any atom is 0.259 e. The van der Waals surface area contributed by atoms with Gasteiger partial charge in [0, 0.05) is 24.7 Å². The highest BCUT2D eigenvalue weighted by Crippen LogP contribution is 2.33. The molecule has 5 heteroatoms. The van der Waals surface area contributed by atoms with Crippen LogP contribution < -0.4 is 15.0 Å². The molecule has 1 aliphatic heterocycles. The van der Waals surface area contributed by atoms with Crippen LogP contribution in [0.3, 0.4) is 0 Å². The Labute approximate surface area is 134 Å². The van der Waals surface area contributed by atoms with Crippen molar-refractivity contribution in [3.63, 3.8) is 0 Å². The van der Waals surface area contributed by atoms with Crippen molar-refractivity contribution in [3.8, 4) is 5.75 Å². The number of likely N-dealkylation sites (N-methyl/N-ethyl adjacent to an activating group) is 1. The quantitative estimate of drug-likeness (QED) is 0.943. The predicted octanol–water partition coefficient (Wildman–Crippen LogP) is 2.01. The van der Waals surface area contributed by atoms with Gasteiger partial charge >= 0.3 is 0 Å². The second kappa shape index (κ2) is 6.12. The van der Waals surface area contributed by atoms with Crippen LogP contribution in [0.5, 0.6) is 5.75 Å². The Morgan fingerprint density at radius 3 is 2.70 bits per heavy atom. The van der Waals surface area contributed by atoms with Crippen molar-refractivity contribution in [1.82, 2.24) is 5.32 Å². The Morgan fingerprint density at radius 1 is 1.17 bits per heavy atom. The summed E-state index contributed by atoms with van der Waals surface area (Å²) in [6, 6.07) is 14.0. The summed E-state index contributed by atoms with van der Waals surface area (Å²) in [4.78, 5) is 26.8. The van der Waals surface area contributed by atoms with Crippen LogP contribution in [-0.2, 0) is 11.2 Å². The molecule has 0 spiro atoms. The molecule has 1 atom stereocenters. The molecule has 5 nitrogen and oxygen atoms in total. The summed E-state index contributed by atoms with van der Waals surface area (Å²) >= 11 is 0. The van der Waals surface area contributed by atoms with Gasteiger partial charge in [-0.2, -0.15) is 0 Å². The molecular weight excluding hydrogens is 292 g/mol. The van der Waals surface area contributed by atoms with Gasteiger partial charge in [-0.15, -0.1) is 0 Å². The number of amides is 2. The number of hydrogen-bond acceptors (Lipinski definition) is 3. The molecule has 2 amide bonds. The first-order valence-electron chi connectivity index (χ1n) is 7.43. The van der Waals surface area contributed by atoms with Crippen LogP contribution in [-0.4, -0.2) is 32.0 Å². The second-order valence-electron chi connectivity index (χ2n) is 5.37. The molecule has 1 aliphatic rings. The standard InChI is InChI=1S/C18H18N2O3/c1-19-17(21)16-11-12-6-3-4-9-15(12)20(16)18(22)13-7-5-8-14(10-13)23-2/h3-10,16H,11H2,1-2H3,(H,19,21)/t16-/m1/s1. The maximum absolute atomic E-state index is 13.0. The topological polar surface area (TPSA) is 58.6 Å². The first-order chi connectivity index (χ1) is 11.2. The molecule has 3 rings (SSSR count). The summed E-state index contributed by atoms with van der Waals surface area (Å²) in [5.41, 5.74) is 2.28. The number of anilines is 1. The lowest BCUT2D eigenvalue weighted by Crippen LogP contribution is -2.47. The minimum atomic E-state index is -0.531. The highest BCUT2D eigenvalue weighted by Gasteiger charge is 2.38. The van der Waals surface area contributed by atoms with Crippen LogP contribution in [0.1, 0.15) is 15.9 Å². The Hall–Kier alpha value is -2.82. The van der Waals surface area contributed by atoms with Crippen LogP contribution in [0, 0.1) is 0 Å². The average molecular weight is 310 g/mol. The number of nitrogens with zero attached hydrogens (tertiary/aromatic N) is 1. The number of ether oxygens (including phenoxy) is 1. The van der Waals surface area contributed by atoms with Gasteiger partial charge in [0.1, 0.15) is 11.8 Å². The number of nitrogens with one attached hydrogen (secondary N) is 1. The van der Waals surface area contributed by atoms with Crippen molar-refractivity contribution in [2.75, 3.05) is 19.1 Å². The van der Waals surface area contributed by atoms with Crippen LogP contribution in [0.4, 0.5) is 5.69 Å². The van der Waals surface area contributed by atoms with Gasteiger partial charge in [0.2, 0.25) is 5.91 Å². The summed E-state index contributed by atoms with van der Waals surface area (Å²) in [6.07, 6.45) is 0.519. The highest BCUT2D eigenvalue weighted by atomic mass is 16.5. The zero-order chi connectivity index (χ0) is 16.4. The van der Waals surface area contributed by atoms with Crippen molar-refractivity contribution in [3.05, 3.63) is 59.7 Å². The van der Waals surface area contributed by atoms with Crippen LogP contribution in [0.25, 0.3) is 0 Å². The molecule has 0 saturated carbocycles. The minimum absolute atomic E-state index is 0.169. The zero-order valence-corrected chi connectivity index (χ0v) is 13.1. The van der Waals surface area contributed by atoms with Crippen molar-refractivity contribution in [1.29, 1.82) is 0 Å². The molecule has 0 bridgehead atoms. The van der Waals surface area contributed by atoms with E-state index in [4.69, 9.17) is 4.74 Å². The van der Waals surface area contributed by atoms with E-state index in [1.54, 1.807) is 43.3 Å². The van der Waals surface area contributed by atoms with Gasteiger partial charge in [-0.05, 0) is 29.8 Å². The van der Waals surface area contributed by atoms with Gasteiger partial charge in [0.05, 0.1) is 7.11 Å². The lowest BCUT2D eigenvalue weighted by atomic mass is 10.1. The molecule has 1 N–H and O–H groups in total. The predicted molar refractivity (Wildman–Crippen MR) is 87.8 cm³/mol. The zero-order valence-electron chi connectivity index (χ0n) is 13.1. The van der Waals surface area contributed by atoms with E-state index in [0.29, 0.717) is 17.7 Å². The van der Waals surface area contributed by atoms with Gasteiger partial charge in [-0.25, -0.2) is 0 Å². The molecular formula is C18H18N2O3. The normalized spacial score (nSPS) is 15.9. The lowest BCUT2D eigenvalue weighted by Gasteiger charge is -2.24. The van der Waals surface area contributed by atoms with Crippen LogP contribution >= 0.6 is 0 Å². The Balaban J connectivity index is 2.02. The molecule has 0 fully saturated rings. The largest absolute Gasteiger partial charge is 0.497 e. The number of methoxy groups -OCH3 is 1. The van der Waals surface area contributed by atoms with E-state index in [1.165, 1.54) is 0 Å². The number of carbonyl (C=O) groups is 2. The van der Waals surface area contributed by atoms with E-state index in [0.717, 1.165) is 11.3 Å².